The molecule has 0 aromatic carbocycles. The van der Waals surface area contributed by atoms with Crippen molar-refractivity contribution < 1.29 is 0 Å². The average molecular weight is 212 g/mol. The fourth-order valence-electron chi connectivity index (χ4n) is 1.75. The number of hydrogen-bond acceptors (Lipinski definition) is 2. The van der Waals surface area contributed by atoms with Gasteiger partial charge in [0.1, 0.15) is 0 Å². The first kappa shape index (κ1) is 14.7. The van der Waals surface area contributed by atoms with E-state index in [1.165, 1.54) is 12.0 Å². The Labute approximate surface area is 95.7 Å². The molecule has 0 amide bonds. The maximum absolute atomic E-state index is 4.09. The first-order valence-corrected chi connectivity index (χ1v) is 5.91. The van der Waals surface area contributed by atoms with Gasteiger partial charge in [0, 0.05) is 19.6 Å². The molecule has 2 nitrogen and oxygen atoms in total. The van der Waals surface area contributed by atoms with Crippen molar-refractivity contribution in [3.63, 3.8) is 0 Å². The van der Waals surface area contributed by atoms with Crippen molar-refractivity contribution in [2.45, 2.75) is 34.1 Å². The standard InChI is InChI=1S/C13H28N2/c1-7-8-14-9-12(2)10-15(6)11-13(3,4)5/h14H,2,7-11H2,1,3-6H3. The van der Waals surface area contributed by atoms with Crippen molar-refractivity contribution in [2.24, 2.45) is 5.41 Å². The van der Waals surface area contributed by atoms with Gasteiger partial charge in [0.05, 0.1) is 0 Å². The number of rotatable bonds is 7. The van der Waals surface area contributed by atoms with Crippen LogP contribution < -0.4 is 5.32 Å². The van der Waals surface area contributed by atoms with Crippen molar-refractivity contribution in [3.05, 3.63) is 12.2 Å². The maximum atomic E-state index is 4.09. The molecule has 0 saturated heterocycles. The molecule has 15 heavy (non-hydrogen) atoms. The van der Waals surface area contributed by atoms with Gasteiger partial charge in [-0.05, 0) is 31.0 Å². The number of nitrogens with zero attached hydrogens (tertiary/aromatic N) is 1. The molecule has 0 spiro atoms. The summed E-state index contributed by atoms with van der Waals surface area (Å²) in [7, 11) is 2.16. The lowest BCUT2D eigenvalue weighted by atomic mass is 9.96. The van der Waals surface area contributed by atoms with E-state index in [1.54, 1.807) is 0 Å². The van der Waals surface area contributed by atoms with E-state index in [2.05, 4.69) is 51.5 Å². The van der Waals surface area contributed by atoms with Crippen LogP contribution in [-0.2, 0) is 0 Å². The van der Waals surface area contributed by atoms with Crippen LogP contribution in [0.2, 0.25) is 0 Å². The quantitative estimate of drug-likeness (QED) is 0.515. The first-order chi connectivity index (χ1) is 6.85. The zero-order valence-corrected chi connectivity index (χ0v) is 11.2. The zero-order chi connectivity index (χ0) is 11.9. The number of hydrogen-bond donors (Lipinski definition) is 1. The zero-order valence-electron chi connectivity index (χ0n) is 11.2. The summed E-state index contributed by atoms with van der Waals surface area (Å²) in [5, 5.41) is 3.38. The number of likely N-dealkylation sites (N-methyl/N-ethyl adjacent to an activating group) is 1. The summed E-state index contributed by atoms with van der Waals surface area (Å²) >= 11 is 0. The second-order valence-corrected chi connectivity index (χ2v) is 5.66. The van der Waals surface area contributed by atoms with Crippen LogP contribution in [0.25, 0.3) is 0 Å². The van der Waals surface area contributed by atoms with Gasteiger partial charge in [-0.3, -0.25) is 0 Å². The lowest BCUT2D eigenvalue weighted by Crippen LogP contribution is -2.32. The van der Waals surface area contributed by atoms with Gasteiger partial charge in [0.25, 0.3) is 0 Å². The first-order valence-electron chi connectivity index (χ1n) is 5.91. The van der Waals surface area contributed by atoms with Crippen molar-refractivity contribution in [3.8, 4) is 0 Å². The predicted octanol–water partition coefficient (Wildman–Crippen LogP) is 2.52. The molecule has 0 aliphatic rings. The molecule has 0 heterocycles. The fourth-order valence-corrected chi connectivity index (χ4v) is 1.75. The highest BCUT2D eigenvalue weighted by atomic mass is 15.1. The molecule has 0 aliphatic carbocycles. The third-order valence-corrected chi connectivity index (χ3v) is 2.04. The highest BCUT2D eigenvalue weighted by molar-refractivity contribution is 4.99. The van der Waals surface area contributed by atoms with E-state index in [4.69, 9.17) is 0 Å². The maximum Gasteiger partial charge on any atom is 0.0200 e. The molecule has 0 unspecified atom stereocenters. The summed E-state index contributed by atoms with van der Waals surface area (Å²) in [5.41, 5.74) is 1.64. The van der Waals surface area contributed by atoms with E-state index in [0.29, 0.717) is 5.41 Å². The van der Waals surface area contributed by atoms with E-state index in [0.717, 1.165) is 26.2 Å². The number of nitrogens with one attached hydrogen (secondary N) is 1. The van der Waals surface area contributed by atoms with E-state index >= 15 is 0 Å². The van der Waals surface area contributed by atoms with Gasteiger partial charge in [0.15, 0.2) is 0 Å². The Morgan fingerprint density at radius 3 is 2.40 bits per heavy atom. The molecular weight excluding hydrogens is 184 g/mol. The van der Waals surface area contributed by atoms with E-state index in [-0.39, 0.29) is 0 Å². The lowest BCUT2D eigenvalue weighted by Gasteiger charge is -2.27. The van der Waals surface area contributed by atoms with Crippen molar-refractivity contribution in [1.29, 1.82) is 0 Å². The Morgan fingerprint density at radius 1 is 1.33 bits per heavy atom. The summed E-state index contributed by atoms with van der Waals surface area (Å²) in [4.78, 5) is 2.34. The molecule has 0 aliphatic heterocycles. The van der Waals surface area contributed by atoms with Crippen molar-refractivity contribution in [1.82, 2.24) is 10.2 Å². The second kappa shape index (κ2) is 7.02. The molecule has 0 radical (unpaired) electrons. The monoisotopic (exact) mass is 212 g/mol. The van der Waals surface area contributed by atoms with Gasteiger partial charge in [-0.2, -0.15) is 0 Å². The normalized spacial score (nSPS) is 12.1. The predicted molar refractivity (Wildman–Crippen MR) is 69.3 cm³/mol. The molecule has 1 N–H and O–H groups in total. The van der Waals surface area contributed by atoms with Gasteiger partial charge >= 0.3 is 0 Å². The molecule has 2 heteroatoms. The Hall–Kier alpha value is -0.340. The van der Waals surface area contributed by atoms with Crippen LogP contribution in [0.4, 0.5) is 0 Å². The topological polar surface area (TPSA) is 15.3 Å². The lowest BCUT2D eigenvalue weighted by molar-refractivity contribution is 0.240. The molecule has 0 aromatic rings. The van der Waals surface area contributed by atoms with E-state index < -0.39 is 0 Å². The second-order valence-electron chi connectivity index (χ2n) is 5.66. The molecule has 90 valence electrons. The SMILES string of the molecule is C=C(CNCCC)CN(C)CC(C)(C)C. The van der Waals surface area contributed by atoms with Gasteiger partial charge in [-0.15, -0.1) is 0 Å². The molecule has 0 atom stereocenters. The minimum absolute atomic E-state index is 0.367. The van der Waals surface area contributed by atoms with Crippen LogP contribution in [0.1, 0.15) is 34.1 Å². The Morgan fingerprint density at radius 2 is 1.93 bits per heavy atom. The van der Waals surface area contributed by atoms with Crippen LogP contribution in [-0.4, -0.2) is 38.1 Å². The molecule has 0 aromatic heterocycles. The van der Waals surface area contributed by atoms with E-state index in [9.17, 15) is 0 Å². The largest absolute Gasteiger partial charge is 0.313 e. The van der Waals surface area contributed by atoms with Crippen molar-refractivity contribution >= 4 is 0 Å². The third kappa shape index (κ3) is 9.95. The van der Waals surface area contributed by atoms with Gasteiger partial charge in [-0.1, -0.05) is 34.3 Å². The van der Waals surface area contributed by atoms with Gasteiger partial charge in [-0.25, -0.2) is 0 Å². The Balaban J connectivity index is 3.67. The van der Waals surface area contributed by atoms with Crippen LogP contribution in [0.5, 0.6) is 0 Å². The van der Waals surface area contributed by atoms with Gasteiger partial charge < -0.3 is 10.2 Å². The summed E-state index contributed by atoms with van der Waals surface area (Å²) in [6.45, 7) is 17.2. The minimum Gasteiger partial charge on any atom is -0.313 e. The molecule has 0 rings (SSSR count). The average Bonchev–Trinajstić information content (AvgIpc) is 2.00. The summed E-state index contributed by atoms with van der Waals surface area (Å²) in [6.07, 6.45) is 1.19. The Bertz CT molecular complexity index is 179. The highest BCUT2D eigenvalue weighted by Crippen LogP contribution is 2.14. The summed E-state index contributed by atoms with van der Waals surface area (Å²) < 4.78 is 0. The Kier molecular flexibility index (Phi) is 6.86. The van der Waals surface area contributed by atoms with Crippen LogP contribution in [0, 0.1) is 5.41 Å². The highest BCUT2D eigenvalue weighted by Gasteiger charge is 2.13. The molecular formula is C13H28N2. The fraction of sp³-hybridized carbons (Fsp3) is 0.846. The smallest absolute Gasteiger partial charge is 0.0200 e. The molecule has 0 bridgehead atoms. The molecule has 0 fully saturated rings. The summed E-state index contributed by atoms with van der Waals surface area (Å²) in [6, 6.07) is 0. The summed E-state index contributed by atoms with van der Waals surface area (Å²) in [5.74, 6) is 0. The van der Waals surface area contributed by atoms with Crippen LogP contribution >= 0.6 is 0 Å². The molecule has 0 saturated carbocycles. The van der Waals surface area contributed by atoms with Crippen LogP contribution in [0.15, 0.2) is 12.2 Å². The van der Waals surface area contributed by atoms with Gasteiger partial charge in [0.2, 0.25) is 0 Å². The van der Waals surface area contributed by atoms with E-state index in [1.807, 2.05) is 0 Å². The van der Waals surface area contributed by atoms with Crippen molar-refractivity contribution in [2.75, 3.05) is 33.2 Å². The third-order valence-electron chi connectivity index (χ3n) is 2.04. The van der Waals surface area contributed by atoms with Crippen LogP contribution in [0.3, 0.4) is 0 Å². The minimum atomic E-state index is 0.367.